The molecule has 0 unspecified atom stereocenters. The van der Waals surface area contributed by atoms with Crippen LogP contribution in [0.2, 0.25) is 0 Å². The molecular formula is C5H7NO2S. The van der Waals surface area contributed by atoms with Gasteiger partial charge in [-0.25, -0.2) is 4.79 Å². The summed E-state index contributed by atoms with van der Waals surface area (Å²) in [5.41, 5.74) is -0.0710. The van der Waals surface area contributed by atoms with Crippen LogP contribution in [0.1, 0.15) is 6.92 Å². The maximum Gasteiger partial charge on any atom is 0.338 e. The number of hydrogen-bond donors (Lipinski definition) is 3. The molecule has 3 nitrogen and oxygen atoms in total. The number of aliphatic carboxylic acids is 1. The molecule has 0 aromatic rings. The summed E-state index contributed by atoms with van der Waals surface area (Å²) in [7, 11) is 0. The normalized spacial score (nSPS) is 12.2. The van der Waals surface area contributed by atoms with Crippen molar-refractivity contribution in [2.75, 3.05) is 0 Å². The summed E-state index contributed by atoms with van der Waals surface area (Å²) in [4.78, 5) is 10.5. The van der Waals surface area contributed by atoms with Crippen LogP contribution in [0, 0.1) is 5.41 Å². The van der Waals surface area contributed by atoms with E-state index in [4.69, 9.17) is 10.5 Å². The number of rotatable bonds is 2. The first-order valence-electron chi connectivity index (χ1n) is 2.23. The third-order valence-electron chi connectivity index (χ3n) is 0.765. The van der Waals surface area contributed by atoms with Crippen molar-refractivity contribution < 1.29 is 9.90 Å². The van der Waals surface area contributed by atoms with E-state index < -0.39 is 5.97 Å². The molecule has 9 heavy (non-hydrogen) atoms. The quantitative estimate of drug-likeness (QED) is 0.307. The smallest absolute Gasteiger partial charge is 0.338 e. The molecule has 0 rings (SSSR count). The maximum atomic E-state index is 10.1. The predicted octanol–water partition coefficient (Wildman–Crippen LogP) is 0.924. The summed E-state index contributed by atoms with van der Waals surface area (Å²) in [5.74, 6) is -1.11. The molecule has 0 amide bonds. The van der Waals surface area contributed by atoms with Gasteiger partial charge in [0.15, 0.2) is 0 Å². The summed E-state index contributed by atoms with van der Waals surface area (Å²) in [6, 6.07) is 0. The van der Waals surface area contributed by atoms with Gasteiger partial charge in [0.1, 0.15) is 0 Å². The minimum atomic E-state index is -1.11. The minimum absolute atomic E-state index is 0.0710. The van der Waals surface area contributed by atoms with Gasteiger partial charge in [-0.05, 0) is 11.8 Å². The van der Waals surface area contributed by atoms with E-state index in [0.29, 0.717) is 4.91 Å². The van der Waals surface area contributed by atoms with Crippen molar-refractivity contribution in [1.29, 1.82) is 5.41 Å². The topological polar surface area (TPSA) is 61.2 Å². The second kappa shape index (κ2) is 3.29. The lowest BCUT2D eigenvalue weighted by atomic mass is 10.3. The minimum Gasteiger partial charge on any atom is -0.478 e. The second-order valence-corrected chi connectivity index (χ2v) is 2.12. The van der Waals surface area contributed by atoms with Crippen molar-refractivity contribution in [3.8, 4) is 0 Å². The standard InChI is InChI=1S/C5H7NO2S/c1-3(9)4(2-6)5(7)8/h2,6,9H,1H3,(H,7,8)/b4-3+,6-2?. The Hall–Kier alpha value is -0.770. The van der Waals surface area contributed by atoms with E-state index in [1.54, 1.807) is 0 Å². The van der Waals surface area contributed by atoms with E-state index in [2.05, 4.69) is 12.6 Å². The van der Waals surface area contributed by atoms with Crippen molar-refractivity contribution in [3.05, 3.63) is 10.5 Å². The molecule has 0 bridgehead atoms. The first kappa shape index (κ1) is 8.23. The van der Waals surface area contributed by atoms with Crippen LogP contribution < -0.4 is 0 Å². The predicted molar refractivity (Wildman–Crippen MR) is 38.1 cm³/mol. The molecule has 50 valence electrons. The molecule has 0 fully saturated rings. The zero-order chi connectivity index (χ0) is 7.44. The first-order chi connectivity index (χ1) is 4.09. The SMILES string of the molecule is C/C(S)=C(/C=N)C(=O)O. The van der Waals surface area contributed by atoms with Crippen LogP contribution >= 0.6 is 12.6 Å². The van der Waals surface area contributed by atoms with Gasteiger partial charge in [0.2, 0.25) is 0 Å². The lowest BCUT2D eigenvalue weighted by Gasteiger charge is -1.92. The Morgan fingerprint density at radius 3 is 2.22 bits per heavy atom. The monoisotopic (exact) mass is 145 g/mol. The Balaban J connectivity index is 4.55. The van der Waals surface area contributed by atoms with Crippen molar-refractivity contribution >= 4 is 24.8 Å². The zero-order valence-electron chi connectivity index (χ0n) is 4.88. The van der Waals surface area contributed by atoms with Gasteiger partial charge in [-0.15, -0.1) is 12.6 Å². The molecule has 0 heterocycles. The molecule has 4 heteroatoms. The van der Waals surface area contributed by atoms with Gasteiger partial charge in [-0.3, -0.25) is 0 Å². The highest BCUT2D eigenvalue weighted by Gasteiger charge is 2.04. The van der Waals surface area contributed by atoms with Crippen LogP contribution in [-0.4, -0.2) is 17.3 Å². The lowest BCUT2D eigenvalue weighted by Crippen LogP contribution is -2.01. The van der Waals surface area contributed by atoms with E-state index in [1.807, 2.05) is 0 Å². The van der Waals surface area contributed by atoms with Crippen molar-refractivity contribution in [2.24, 2.45) is 0 Å². The second-order valence-electron chi connectivity index (χ2n) is 1.45. The van der Waals surface area contributed by atoms with Gasteiger partial charge >= 0.3 is 5.97 Å². The van der Waals surface area contributed by atoms with Crippen LogP contribution in [0.15, 0.2) is 10.5 Å². The summed E-state index contributed by atoms with van der Waals surface area (Å²) < 4.78 is 0. The molecule has 2 N–H and O–H groups in total. The largest absolute Gasteiger partial charge is 0.478 e. The van der Waals surface area contributed by atoms with E-state index in [1.165, 1.54) is 6.92 Å². The van der Waals surface area contributed by atoms with Gasteiger partial charge in [-0.1, -0.05) is 0 Å². The van der Waals surface area contributed by atoms with Crippen molar-refractivity contribution in [3.63, 3.8) is 0 Å². The summed E-state index contributed by atoms with van der Waals surface area (Å²) in [6.07, 6.45) is 0.769. The fourth-order valence-electron chi connectivity index (χ4n) is 0.321. The molecule has 0 aliphatic carbocycles. The van der Waals surface area contributed by atoms with E-state index in [-0.39, 0.29) is 5.57 Å². The summed E-state index contributed by atoms with van der Waals surface area (Å²) in [6.45, 7) is 1.53. The number of carboxylic acids is 1. The Morgan fingerprint density at radius 2 is 2.22 bits per heavy atom. The number of allylic oxidation sites excluding steroid dienone is 1. The third kappa shape index (κ3) is 2.32. The zero-order valence-corrected chi connectivity index (χ0v) is 5.77. The third-order valence-corrected chi connectivity index (χ3v) is 1.01. The van der Waals surface area contributed by atoms with Gasteiger partial charge < -0.3 is 10.5 Å². The molecule has 0 saturated carbocycles. The fraction of sp³-hybridized carbons (Fsp3) is 0.200. The molecule has 0 atom stereocenters. The highest BCUT2D eigenvalue weighted by atomic mass is 32.1. The molecule has 0 saturated heterocycles. The number of nitrogens with one attached hydrogen (secondary N) is 1. The average molecular weight is 145 g/mol. The summed E-state index contributed by atoms with van der Waals surface area (Å²) in [5, 5.41) is 14.9. The number of carboxylic acid groups (broad SMARTS) is 1. The maximum absolute atomic E-state index is 10.1. The number of thiol groups is 1. The molecular weight excluding hydrogens is 138 g/mol. The Labute approximate surface area is 58.3 Å². The number of hydrogen-bond acceptors (Lipinski definition) is 3. The highest BCUT2D eigenvalue weighted by molar-refractivity contribution is 7.84. The molecule has 0 aliphatic rings. The summed E-state index contributed by atoms with van der Waals surface area (Å²) >= 11 is 3.76. The molecule has 0 radical (unpaired) electrons. The van der Waals surface area contributed by atoms with Gasteiger partial charge in [0, 0.05) is 6.21 Å². The van der Waals surface area contributed by atoms with Crippen molar-refractivity contribution in [1.82, 2.24) is 0 Å². The first-order valence-corrected chi connectivity index (χ1v) is 2.68. The van der Waals surface area contributed by atoms with Crippen molar-refractivity contribution in [2.45, 2.75) is 6.92 Å². The van der Waals surface area contributed by atoms with Crippen LogP contribution in [0.5, 0.6) is 0 Å². The van der Waals surface area contributed by atoms with Crippen LogP contribution in [0.4, 0.5) is 0 Å². The fourth-order valence-corrected chi connectivity index (χ4v) is 0.481. The molecule has 0 aromatic heterocycles. The average Bonchev–Trinajstić information content (AvgIpc) is 1.64. The Bertz CT molecular complexity index is 170. The molecule has 0 aliphatic heterocycles. The Kier molecular flexibility index (Phi) is 3.01. The Morgan fingerprint density at radius 1 is 1.78 bits per heavy atom. The van der Waals surface area contributed by atoms with Crippen LogP contribution in [-0.2, 0) is 4.79 Å². The van der Waals surface area contributed by atoms with Crippen LogP contribution in [0.3, 0.4) is 0 Å². The van der Waals surface area contributed by atoms with E-state index in [0.717, 1.165) is 6.21 Å². The molecule has 0 aromatic carbocycles. The van der Waals surface area contributed by atoms with Gasteiger partial charge in [0.05, 0.1) is 5.57 Å². The van der Waals surface area contributed by atoms with E-state index >= 15 is 0 Å². The van der Waals surface area contributed by atoms with Gasteiger partial charge in [-0.2, -0.15) is 0 Å². The highest BCUT2D eigenvalue weighted by Crippen LogP contribution is 2.04. The lowest BCUT2D eigenvalue weighted by molar-refractivity contribution is -0.132. The van der Waals surface area contributed by atoms with Crippen LogP contribution in [0.25, 0.3) is 0 Å². The van der Waals surface area contributed by atoms with Gasteiger partial charge in [0.25, 0.3) is 0 Å². The molecule has 0 spiro atoms. The number of carbonyl (C=O) groups is 1. The van der Waals surface area contributed by atoms with E-state index in [9.17, 15) is 4.79 Å².